The van der Waals surface area contributed by atoms with E-state index < -0.39 is 11.9 Å². The van der Waals surface area contributed by atoms with Crippen molar-refractivity contribution in [1.82, 2.24) is 14.0 Å². The Hall–Kier alpha value is -3.82. The molecule has 0 fully saturated rings. The van der Waals surface area contributed by atoms with Crippen LogP contribution in [0.3, 0.4) is 0 Å². The quantitative estimate of drug-likeness (QED) is 0.310. The molecule has 0 saturated carbocycles. The summed E-state index contributed by atoms with van der Waals surface area (Å²) in [5.74, 6) is -1.38. The second-order valence-electron chi connectivity index (χ2n) is 7.23. The summed E-state index contributed by atoms with van der Waals surface area (Å²) >= 11 is 6.19. The van der Waals surface area contributed by atoms with E-state index in [0.717, 1.165) is 0 Å². The highest BCUT2D eigenvalue weighted by atomic mass is 35.5. The number of rotatable bonds is 6. The summed E-state index contributed by atoms with van der Waals surface area (Å²) in [7, 11) is 1.52. The lowest BCUT2D eigenvalue weighted by Gasteiger charge is -2.15. The van der Waals surface area contributed by atoms with Crippen molar-refractivity contribution >= 4 is 40.2 Å². The number of benzene rings is 1. The second-order valence-corrected chi connectivity index (χ2v) is 7.63. The molecule has 4 rings (SSSR count). The second kappa shape index (κ2) is 9.98. The summed E-state index contributed by atoms with van der Waals surface area (Å²) in [5, 5.41) is 0.396. The van der Waals surface area contributed by atoms with Crippen LogP contribution in [-0.2, 0) is 16.0 Å². The van der Waals surface area contributed by atoms with E-state index in [2.05, 4.69) is 9.98 Å². The molecule has 0 radical (unpaired) electrons. The molecule has 3 heterocycles. The van der Waals surface area contributed by atoms with Crippen molar-refractivity contribution < 1.29 is 19.1 Å². The van der Waals surface area contributed by atoms with Gasteiger partial charge in [0.1, 0.15) is 16.9 Å². The number of ether oxygens (including phenoxy) is 2. The Bertz CT molecular complexity index is 1540. The van der Waals surface area contributed by atoms with Crippen molar-refractivity contribution in [3.63, 3.8) is 0 Å². The number of aromatic nitrogens is 3. The van der Waals surface area contributed by atoms with Gasteiger partial charge in [0.2, 0.25) is 0 Å². The average Bonchev–Trinajstić information content (AvgIpc) is 2.83. The molecule has 3 aromatic heterocycles. The number of esters is 1. The third-order valence-electron chi connectivity index (χ3n) is 5.12. The predicted molar refractivity (Wildman–Crippen MR) is 126 cm³/mol. The molecule has 0 aliphatic carbocycles. The van der Waals surface area contributed by atoms with E-state index in [9.17, 15) is 14.4 Å². The Kier molecular flexibility index (Phi) is 6.85. The van der Waals surface area contributed by atoms with Gasteiger partial charge >= 0.3 is 5.97 Å². The molecule has 10 heteroatoms. The van der Waals surface area contributed by atoms with Crippen LogP contribution in [0.4, 0.5) is 0 Å². The Balaban J connectivity index is 2.13. The maximum absolute atomic E-state index is 13.3. The van der Waals surface area contributed by atoms with Gasteiger partial charge in [0.05, 0.1) is 29.2 Å². The van der Waals surface area contributed by atoms with Crippen LogP contribution in [0.2, 0.25) is 5.02 Å². The number of carbonyl (C=O) groups excluding carboxylic acids is 2. The Morgan fingerprint density at radius 2 is 1.88 bits per heavy atom. The van der Waals surface area contributed by atoms with Crippen LogP contribution in [0, 0.1) is 0 Å². The molecule has 34 heavy (non-hydrogen) atoms. The highest BCUT2D eigenvalue weighted by Crippen LogP contribution is 2.16. The maximum Gasteiger partial charge on any atom is 0.341 e. The lowest BCUT2D eigenvalue weighted by Crippen LogP contribution is -2.33. The maximum atomic E-state index is 13.3. The van der Waals surface area contributed by atoms with Gasteiger partial charge in [-0.1, -0.05) is 29.8 Å². The van der Waals surface area contributed by atoms with Crippen LogP contribution in [-0.4, -0.2) is 46.2 Å². The van der Waals surface area contributed by atoms with E-state index in [0.29, 0.717) is 5.65 Å². The van der Waals surface area contributed by atoms with E-state index in [1.54, 1.807) is 49.5 Å². The minimum Gasteiger partial charge on any atom is -0.462 e. The van der Waals surface area contributed by atoms with E-state index in [1.165, 1.54) is 28.2 Å². The molecule has 0 aliphatic heterocycles. The number of hydrogen-bond acceptors (Lipinski definition) is 6. The highest BCUT2D eigenvalue weighted by Gasteiger charge is 2.20. The summed E-state index contributed by atoms with van der Waals surface area (Å²) in [5.41, 5.74) is 0.413. The molecule has 0 bridgehead atoms. The van der Waals surface area contributed by atoms with Gasteiger partial charge in [-0.3, -0.25) is 14.0 Å². The summed E-state index contributed by atoms with van der Waals surface area (Å²) in [6, 6.07) is 13.0. The number of amides is 1. The monoisotopic (exact) mass is 480 g/mol. The number of carbonyl (C=O) groups is 2. The van der Waals surface area contributed by atoms with Gasteiger partial charge in [0, 0.05) is 19.9 Å². The average molecular weight is 481 g/mol. The number of hydrogen-bond donors (Lipinski definition) is 0. The van der Waals surface area contributed by atoms with Crippen LogP contribution < -0.4 is 11.0 Å². The standard InChI is InChI=1S/C24H21ClN4O5/c1-3-34-24(32)17-14-16-20(26-19-10-6-7-11-28(19)23(16)31)29(12-13-33-2)21(17)27-22(30)15-8-4-5-9-18(15)25/h4-11,14H,3,12-13H2,1-2H3. The predicted octanol–water partition coefficient (Wildman–Crippen LogP) is 2.87. The lowest BCUT2D eigenvalue weighted by atomic mass is 10.2. The lowest BCUT2D eigenvalue weighted by molar-refractivity contribution is 0.0523. The smallest absolute Gasteiger partial charge is 0.341 e. The van der Waals surface area contributed by atoms with E-state index in [4.69, 9.17) is 21.1 Å². The van der Waals surface area contributed by atoms with Crippen LogP contribution in [0.1, 0.15) is 27.6 Å². The number of nitrogens with zero attached hydrogens (tertiary/aromatic N) is 4. The first-order valence-corrected chi connectivity index (χ1v) is 10.9. The number of pyridine rings is 2. The topological polar surface area (TPSA) is 104 Å². The minimum atomic E-state index is -0.723. The molecule has 0 N–H and O–H groups in total. The molecule has 0 spiro atoms. The molecule has 1 aromatic carbocycles. The van der Waals surface area contributed by atoms with E-state index >= 15 is 0 Å². The van der Waals surface area contributed by atoms with Gasteiger partial charge in [0.25, 0.3) is 11.5 Å². The fourth-order valence-electron chi connectivity index (χ4n) is 3.54. The summed E-state index contributed by atoms with van der Waals surface area (Å²) in [6.07, 6.45) is 1.59. The Labute approximate surface area is 198 Å². The zero-order valence-electron chi connectivity index (χ0n) is 18.5. The first-order chi connectivity index (χ1) is 16.5. The molecule has 0 saturated heterocycles. The SMILES string of the molecule is CCOC(=O)c1cc2c(=O)n3ccccc3nc2n(CCOC)c1=NC(=O)c1ccccc1Cl. The van der Waals surface area contributed by atoms with E-state index in [1.807, 2.05) is 0 Å². The van der Waals surface area contributed by atoms with Crippen molar-refractivity contribution in [2.75, 3.05) is 20.3 Å². The van der Waals surface area contributed by atoms with Crippen LogP contribution in [0.5, 0.6) is 0 Å². The molecule has 1 amide bonds. The van der Waals surface area contributed by atoms with Gasteiger partial charge in [-0.05, 0) is 37.3 Å². The van der Waals surface area contributed by atoms with Gasteiger partial charge < -0.3 is 14.0 Å². The third-order valence-corrected chi connectivity index (χ3v) is 5.45. The van der Waals surface area contributed by atoms with Crippen LogP contribution >= 0.6 is 11.6 Å². The van der Waals surface area contributed by atoms with Crippen molar-refractivity contribution in [3.8, 4) is 0 Å². The first-order valence-electron chi connectivity index (χ1n) is 10.5. The van der Waals surface area contributed by atoms with Gasteiger partial charge in [0.15, 0.2) is 5.49 Å². The third kappa shape index (κ3) is 4.35. The van der Waals surface area contributed by atoms with Crippen molar-refractivity contribution in [1.29, 1.82) is 0 Å². The van der Waals surface area contributed by atoms with Crippen molar-refractivity contribution in [2.24, 2.45) is 4.99 Å². The zero-order valence-corrected chi connectivity index (χ0v) is 19.3. The molecule has 0 atom stereocenters. The van der Waals surface area contributed by atoms with Gasteiger partial charge in [-0.2, -0.15) is 4.99 Å². The Morgan fingerprint density at radius 3 is 2.62 bits per heavy atom. The normalized spacial score (nSPS) is 11.8. The summed E-state index contributed by atoms with van der Waals surface area (Å²) in [6.45, 7) is 2.14. The fraction of sp³-hybridized carbons (Fsp3) is 0.208. The molecule has 0 unspecified atom stereocenters. The molecule has 9 nitrogen and oxygen atoms in total. The van der Waals surface area contributed by atoms with Gasteiger partial charge in [-0.15, -0.1) is 0 Å². The Morgan fingerprint density at radius 1 is 1.12 bits per heavy atom. The number of halogens is 1. The molecule has 174 valence electrons. The molecular weight excluding hydrogens is 460 g/mol. The van der Waals surface area contributed by atoms with Crippen molar-refractivity contribution in [2.45, 2.75) is 13.5 Å². The fourth-order valence-corrected chi connectivity index (χ4v) is 3.76. The zero-order chi connectivity index (χ0) is 24.2. The van der Waals surface area contributed by atoms with Crippen molar-refractivity contribution in [3.05, 3.63) is 86.7 Å². The van der Waals surface area contributed by atoms with E-state index in [-0.39, 0.29) is 58.0 Å². The largest absolute Gasteiger partial charge is 0.462 e. The molecule has 4 aromatic rings. The number of fused-ring (bicyclic) bond motifs is 2. The first kappa shape index (κ1) is 23.3. The van der Waals surface area contributed by atoms with Gasteiger partial charge in [-0.25, -0.2) is 9.78 Å². The van der Waals surface area contributed by atoms with Crippen LogP contribution in [0.25, 0.3) is 16.7 Å². The molecule has 0 aliphatic rings. The van der Waals surface area contributed by atoms with Crippen LogP contribution in [0.15, 0.2) is 64.5 Å². The highest BCUT2D eigenvalue weighted by molar-refractivity contribution is 6.33. The number of methoxy groups -OCH3 is 1. The molecular formula is C24H21ClN4O5. The summed E-state index contributed by atoms with van der Waals surface area (Å²) < 4.78 is 13.3. The minimum absolute atomic E-state index is 0.0000934. The summed E-state index contributed by atoms with van der Waals surface area (Å²) in [4.78, 5) is 48.1.